The average molecular weight is 251 g/mol. The van der Waals surface area contributed by atoms with Gasteiger partial charge in [-0.05, 0) is 43.9 Å². The first-order valence-electron chi connectivity index (χ1n) is 5.83. The zero-order valence-corrected chi connectivity index (χ0v) is 10.2. The normalized spacial score (nSPS) is 24.1. The van der Waals surface area contributed by atoms with E-state index < -0.39 is 0 Å². The summed E-state index contributed by atoms with van der Waals surface area (Å²) in [6, 6.07) is 7.77. The lowest BCUT2D eigenvalue weighted by Gasteiger charge is -2.27. The average Bonchev–Trinajstić information content (AvgIpc) is 2.34. The van der Waals surface area contributed by atoms with E-state index in [2.05, 4.69) is 11.4 Å². The van der Waals surface area contributed by atoms with E-state index in [1.807, 2.05) is 6.07 Å². The number of aliphatic hydroxyl groups is 1. The monoisotopic (exact) mass is 250 g/mol. The number of hydrogen-bond donors (Lipinski definition) is 2. The van der Waals surface area contributed by atoms with Crippen molar-refractivity contribution in [3.8, 4) is 6.07 Å². The fraction of sp³-hybridized carbons (Fsp3) is 0.462. The van der Waals surface area contributed by atoms with Crippen LogP contribution in [0.5, 0.6) is 0 Å². The first kappa shape index (κ1) is 12.2. The fourth-order valence-corrected chi connectivity index (χ4v) is 2.35. The second-order valence-corrected chi connectivity index (χ2v) is 4.89. The lowest BCUT2D eigenvalue weighted by atomic mass is 9.93. The van der Waals surface area contributed by atoms with Gasteiger partial charge in [0, 0.05) is 11.1 Å². The highest BCUT2D eigenvalue weighted by Crippen LogP contribution is 2.25. The minimum absolute atomic E-state index is 0.159. The molecule has 0 unspecified atom stereocenters. The summed E-state index contributed by atoms with van der Waals surface area (Å²) in [5.74, 6) is 0. The number of aliphatic hydroxyl groups excluding tert-OH is 1. The van der Waals surface area contributed by atoms with Gasteiger partial charge in [0.15, 0.2) is 0 Å². The van der Waals surface area contributed by atoms with Crippen LogP contribution in [0.25, 0.3) is 0 Å². The quantitative estimate of drug-likeness (QED) is 0.849. The molecule has 0 atom stereocenters. The molecule has 1 aliphatic carbocycles. The Balaban J connectivity index is 2.06. The number of hydrogen-bond acceptors (Lipinski definition) is 3. The van der Waals surface area contributed by atoms with E-state index in [9.17, 15) is 5.11 Å². The summed E-state index contributed by atoms with van der Waals surface area (Å²) < 4.78 is 0. The number of nitrogens with zero attached hydrogens (tertiary/aromatic N) is 1. The molecule has 0 heterocycles. The van der Waals surface area contributed by atoms with E-state index in [0.717, 1.165) is 31.4 Å². The van der Waals surface area contributed by atoms with Crippen LogP contribution >= 0.6 is 11.6 Å². The number of anilines is 1. The molecule has 0 amide bonds. The minimum atomic E-state index is -0.159. The Hall–Kier alpha value is -1.24. The highest BCUT2D eigenvalue weighted by atomic mass is 35.5. The van der Waals surface area contributed by atoms with Crippen LogP contribution in [-0.2, 0) is 0 Å². The van der Waals surface area contributed by atoms with Gasteiger partial charge in [-0.1, -0.05) is 11.6 Å². The Morgan fingerprint density at radius 3 is 2.65 bits per heavy atom. The maximum absolute atomic E-state index is 9.43. The van der Waals surface area contributed by atoms with Crippen LogP contribution < -0.4 is 5.32 Å². The number of benzene rings is 1. The molecule has 2 rings (SSSR count). The Bertz CT molecular complexity index is 434. The molecule has 0 aliphatic heterocycles. The predicted molar refractivity (Wildman–Crippen MR) is 68.1 cm³/mol. The zero-order chi connectivity index (χ0) is 12.3. The van der Waals surface area contributed by atoms with Gasteiger partial charge in [0.1, 0.15) is 6.07 Å². The van der Waals surface area contributed by atoms with Gasteiger partial charge in [0.05, 0.1) is 17.4 Å². The Labute approximate surface area is 106 Å². The van der Waals surface area contributed by atoms with Crippen molar-refractivity contribution in [2.75, 3.05) is 5.32 Å². The smallest absolute Gasteiger partial charge is 0.101 e. The molecule has 2 N–H and O–H groups in total. The molecule has 1 fully saturated rings. The van der Waals surface area contributed by atoms with Crippen molar-refractivity contribution in [3.05, 3.63) is 28.8 Å². The van der Waals surface area contributed by atoms with Crippen LogP contribution in [-0.4, -0.2) is 17.3 Å². The Kier molecular flexibility index (Phi) is 3.88. The molecule has 1 saturated carbocycles. The summed E-state index contributed by atoms with van der Waals surface area (Å²) in [5, 5.41) is 22.4. The second kappa shape index (κ2) is 5.39. The van der Waals surface area contributed by atoms with Crippen molar-refractivity contribution in [1.82, 2.24) is 0 Å². The van der Waals surface area contributed by atoms with Crippen molar-refractivity contribution in [1.29, 1.82) is 5.26 Å². The van der Waals surface area contributed by atoms with Gasteiger partial charge in [-0.3, -0.25) is 0 Å². The first-order chi connectivity index (χ1) is 8.19. The van der Waals surface area contributed by atoms with Gasteiger partial charge in [-0.15, -0.1) is 0 Å². The molecule has 1 aromatic carbocycles. The van der Waals surface area contributed by atoms with Crippen LogP contribution in [0, 0.1) is 11.3 Å². The van der Waals surface area contributed by atoms with E-state index in [-0.39, 0.29) is 6.10 Å². The maximum Gasteiger partial charge on any atom is 0.101 e. The summed E-state index contributed by atoms with van der Waals surface area (Å²) >= 11 is 5.85. The topological polar surface area (TPSA) is 56.0 Å². The van der Waals surface area contributed by atoms with E-state index in [0.29, 0.717) is 16.6 Å². The largest absolute Gasteiger partial charge is 0.393 e. The molecule has 0 aromatic heterocycles. The van der Waals surface area contributed by atoms with E-state index >= 15 is 0 Å². The molecule has 0 radical (unpaired) electrons. The summed E-state index contributed by atoms with van der Waals surface area (Å²) in [7, 11) is 0. The van der Waals surface area contributed by atoms with Crippen LogP contribution in [0.4, 0.5) is 5.69 Å². The van der Waals surface area contributed by atoms with Gasteiger partial charge < -0.3 is 10.4 Å². The van der Waals surface area contributed by atoms with Crippen molar-refractivity contribution < 1.29 is 5.11 Å². The van der Waals surface area contributed by atoms with Crippen LogP contribution in [0.15, 0.2) is 18.2 Å². The van der Waals surface area contributed by atoms with Gasteiger partial charge >= 0.3 is 0 Å². The molecular formula is C13H15ClN2O. The zero-order valence-electron chi connectivity index (χ0n) is 9.49. The molecule has 90 valence electrons. The Morgan fingerprint density at radius 1 is 1.29 bits per heavy atom. The second-order valence-electron chi connectivity index (χ2n) is 4.45. The molecule has 0 bridgehead atoms. The van der Waals surface area contributed by atoms with Crippen molar-refractivity contribution in [2.24, 2.45) is 0 Å². The Morgan fingerprint density at radius 2 is 2.00 bits per heavy atom. The molecule has 0 spiro atoms. The number of nitriles is 1. The van der Waals surface area contributed by atoms with E-state index in [1.165, 1.54) is 0 Å². The standard InChI is InChI=1S/C13H15ClN2O/c14-10-1-6-13(9(7-10)8-15)16-11-2-4-12(17)5-3-11/h1,6-7,11-12,16-17H,2-5H2. The summed E-state index contributed by atoms with van der Waals surface area (Å²) in [4.78, 5) is 0. The van der Waals surface area contributed by atoms with Gasteiger partial charge in [-0.2, -0.15) is 5.26 Å². The third-order valence-electron chi connectivity index (χ3n) is 3.16. The van der Waals surface area contributed by atoms with E-state index in [4.69, 9.17) is 16.9 Å². The van der Waals surface area contributed by atoms with Gasteiger partial charge in [0.2, 0.25) is 0 Å². The number of halogens is 1. The lowest BCUT2D eigenvalue weighted by molar-refractivity contribution is 0.126. The fourth-order valence-electron chi connectivity index (χ4n) is 2.17. The summed E-state index contributed by atoms with van der Waals surface area (Å²) in [5.41, 5.74) is 1.40. The van der Waals surface area contributed by atoms with E-state index in [1.54, 1.807) is 12.1 Å². The summed E-state index contributed by atoms with van der Waals surface area (Å²) in [6.07, 6.45) is 3.37. The third-order valence-corrected chi connectivity index (χ3v) is 3.39. The third kappa shape index (κ3) is 3.12. The summed E-state index contributed by atoms with van der Waals surface area (Å²) in [6.45, 7) is 0. The SMILES string of the molecule is N#Cc1cc(Cl)ccc1NC1CCC(O)CC1. The van der Waals surface area contributed by atoms with Gasteiger partial charge in [0.25, 0.3) is 0 Å². The molecule has 17 heavy (non-hydrogen) atoms. The number of rotatable bonds is 2. The predicted octanol–water partition coefficient (Wildman–Crippen LogP) is 2.93. The van der Waals surface area contributed by atoms with Crippen molar-refractivity contribution in [2.45, 2.75) is 37.8 Å². The van der Waals surface area contributed by atoms with Gasteiger partial charge in [-0.25, -0.2) is 0 Å². The highest BCUT2D eigenvalue weighted by Gasteiger charge is 2.19. The molecule has 3 nitrogen and oxygen atoms in total. The molecule has 1 aliphatic rings. The molecule has 4 heteroatoms. The van der Waals surface area contributed by atoms with Crippen LogP contribution in [0.1, 0.15) is 31.2 Å². The highest BCUT2D eigenvalue weighted by molar-refractivity contribution is 6.30. The maximum atomic E-state index is 9.43. The first-order valence-corrected chi connectivity index (χ1v) is 6.21. The van der Waals surface area contributed by atoms with Crippen LogP contribution in [0.3, 0.4) is 0 Å². The van der Waals surface area contributed by atoms with Crippen molar-refractivity contribution in [3.63, 3.8) is 0 Å². The molecule has 1 aromatic rings. The van der Waals surface area contributed by atoms with Crippen molar-refractivity contribution >= 4 is 17.3 Å². The molecular weight excluding hydrogens is 236 g/mol. The molecule has 0 saturated heterocycles. The lowest BCUT2D eigenvalue weighted by Crippen LogP contribution is -2.28. The van der Waals surface area contributed by atoms with Crippen LogP contribution in [0.2, 0.25) is 5.02 Å². The minimum Gasteiger partial charge on any atom is -0.393 e. The number of nitrogens with one attached hydrogen (secondary N) is 1.